The minimum atomic E-state index is 0.468. The molecule has 4 heteroatoms. The molecule has 102 valence electrons. The number of ether oxygens (including phenoxy) is 1. The maximum Gasteiger partial charge on any atom is 0.129 e. The van der Waals surface area contributed by atoms with Gasteiger partial charge < -0.3 is 10.5 Å². The van der Waals surface area contributed by atoms with E-state index in [1.807, 2.05) is 14.0 Å². The summed E-state index contributed by atoms with van der Waals surface area (Å²) in [7, 11) is 3.53. The predicted molar refractivity (Wildman–Crippen MR) is 78.4 cm³/mol. The second kappa shape index (κ2) is 4.96. The van der Waals surface area contributed by atoms with Gasteiger partial charge in [0.25, 0.3) is 0 Å². The fourth-order valence-corrected chi connectivity index (χ4v) is 2.28. The highest BCUT2D eigenvalue weighted by Gasteiger charge is 2.17. The highest BCUT2D eigenvalue weighted by atomic mass is 16.5. The summed E-state index contributed by atoms with van der Waals surface area (Å²) < 4.78 is 7.21. The SMILES string of the molecule is COc1cc(C(C)C)ccc1-c1c(C)nn(C)c1N. The van der Waals surface area contributed by atoms with Crippen LogP contribution in [0.3, 0.4) is 0 Å². The van der Waals surface area contributed by atoms with E-state index in [1.54, 1.807) is 11.8 Å². The second-order valence-electron chi connectivity index (χ2n) is 5.08. The topological polar surface area (TPSA) is 53.1 Å². The first-order valence-corrected chi connectivity index (χ1v) is 6.43. The molecule has 0 saturated heterocycles. The van der Waals surface area contributed by atoms with Crippen molar-refractivity contribution in [1.29, 1.82) is 0 Å². The van der Waals surface area contributed by atoms with Crippen molar-refractivity contribution in [3.63, 3.8) is 0 Å². The summed E-state index contributed by atoms with van der Waals surface area (Å²) >= 11 is 0. The molecule has 0 amide bonds. The van der Waals surface area contributed by atoms with Gasteiger partial charge in [0, 0.05) is 12.6 Å². The zero-order chi connectivity index (χ0) is 14.2. The van der Waals surface area contributed by atoms with Crippen LogP contribution in [0.15, 0.2) is 18.2 Å². The van der Waals surface area contributed by atoms with Crippen LogP contribution in [0.25, 0.3) is 11.1 Å². The number of anilines is 1. The molecular formula is C15H21N3O. The number of nitrogens with zero attached hydrogens (tertiary/aromatic N) is 2. The Kier molecular flexibility index (Phi) is 3.51. The number of methoxy groups -OCH3 is 1. The van der Waals surface area contributed by atoms with Gasteiger partial charge in [-0.1, -0.05) is 26.0 Å². The number of hydrogen-bond acceptors (Lipinski definition) is 3. The van der Waals surface area contributed by atoms with Crippen molar-refractivity contribution < 1.29 is 4.74 Å². The molecule has 1 aromatic heterocycles. The Bertz CT molecular complexity index is 600. The Morgan fingerprint density at radius 2 is 2.00 bits per heavy atom. The third kappa shape index (κ3) is 2.30. The highest BCUT2D eigenvalue weighted by molar-refractivity contribution is 5.81. The van der Waals surface area contributed by atoms with Crippen LogP contribution in [0, 0.1) is 6.92 Å². The van der Waals surface area contributed by atoms with Gasteiger partial charge in [-0.3, -0.25) is 4.68 Å². The number of hydrogen-bond donors (Lipinski definition) is 1. The van der Waals surface area contributed by atoms with E-state index in [1.165, 1.54) is 5.56 Å². The van der Waals surface area contributed by atoms with Gasteiger partial charge in [-0.25, -0.2) is 0 Å². The van der Waals surface area contributed by atoms with Crippen LogP contribution in [0.2, 0.25) is 0 Å². The van der Waals surface area contributed by atoms with E-state index < -0.39 is 0 Å². The molecule has 0 aliphatic carbocycles. The van der Waals surface area contributed by atoms with Gasteiger partial charge >= 0.3 is 0 Å². The van der Waals surface area contributed by atoms with Crippen LogP contribution in [0.4, 0.5) is 5.82 Å². The lowest BCUT2D eigenvalue weighted by Gasteiger charge is -2.13. The highest BCUT2D eigenvalue weighted by Crippen LogP contribution is 2.37. The van der Waals surface area contributed by atoms with Crippen LogP contribution < -0.4 is 10.5 Å². The molecule has 0 unspecified atom stereocenters. The molecule has 0 spiro atoms. The van der Waals surface area contributed by atoms with Gasteiger partial charge in [-0.05, 0) is 24.5 Å². The van der Waals surface area contributed by atoms with Gasteiger partial charge in [0.05, 0.1) is 18.4 Å². The lowest BCUT2D eigenvalue weighted by molar-refractivity contribution is 0.415. The minimum absolute atomic E-state index is 0.468. The molecule has 0 radical (unpaired) electrons. The fourth-order valence-electron chi connectivity index (χ4n) is 2.28. The van der Waals surface area contributed by atoms with Crippen molar-refractivity contribution in [2.45, 2.75) is 26.7 Å². The van der Waals surface area contributed by atoms with Gasteiger partial charge in [0.15, 0.2) is 0 Å². The van der Waals surface area contributed by atoms with E-state index in [-0.39, 0.29) is 0 Å². The largest absolute Gasteiger partial charge is 0.496 e. The van der Waals surface area contributed by atoms with Crippen LogP contribution in [-0.2, 0) is 7.05 Å². The molecule has 0 fully saturated rings. The maximum atomic E-state index is 6.10. The predicted octanol–water partition coefficient (Wildman–Crippen LogP) is 3.11. The fraction of sp³-hybridized carbons (Fsp3) is 0.400. The Hall–Kier alpha value is -1.97. The van der Waals surface area contributed by atoms with Crippen LogP contribution in [0.1, 0.15) is 31.0 Å². The van der Waals surface area contributed by atoms with E-state index >= 15 is 0 Å². The third-order valence-corrected chi connectivity index (χ3v) is 3.43. The van der Waals surface area contributed by atoms with Gasteiger partial charge in [-0.15, -0.1) is 0 Å². The van der Waals surface area contributed by atoms with Crippen molar-refractivity contribution in [2.75, 3.05) is 12.8 Å². The summed E-state index contributed by atoms with van der Waals surface area (Å²) in [5.41, 5.74) is 10.2. The molecular weight excluding hydrogens is 238 g/mol. The molecule has 1 heterocycles. The smallest absolute Gasteiger partial charge is 0.129 e. The molecule has 2 N–H and O–H groups in total. The van der Waals surface area contributed by atoms with E-state index in [0.29, 0.717) is 11.7 Å². The van der Waals surface area contributed by atoms with Crippen LogP contribution >= 0.6 is 0 Å². The normalized spacial score (nSPS) is 11.1. The summed E-state index contributed by atoms with van der Waals surface area (Å²) in [6.45, 7) is 6.29. The standard InChI is InChI=1S/C15H21N3O/c1-9(2)11-6-7-12(13(8-11)19-5)14-10(3)17-18(4)15(14)16/h6-9H,16H2,1-5H3. The van der Waals surface area contributed by atoms with Gasteiger partial charge in [-0.2, -0.15) is 5.10 Å². The number of benzene rings is 1. The average molecular weight is 259 g/mol. The Balaban J connectivity index is 2.62. The second-order valence-corrected chi connectivity index (χ2v) is 5.08. The number of nitrogens with two attached hydrogens (primary N) is 1. The molecule has 0 aliphatic heterocycles. The number of aromatic nitrogens is 2. The Morgan fingerprint density at radius 1 is 1.32 bits per heavy atom. The first-order chi connectivity index (χ1) is 8.95. The maximum absolute atomic E-state index is 6.10. The van der Waals surface area contributed by atoms with Crippen molar-refractivity contribution >= 4 is 5.82 Å². The molecule has 1 aromatic carbocycles. The zero-order valence-corrected chi connectivity index (χ0v) is 12.2. The Labute approximate surface area is 114 Å². The zero-order valence-electron chi connectivity index (χ0n) is 12.2. The molecule has 2 aromatic rings. The lowest BCUT2D eigenvalue weighted by atomic mass is 9.97. The quantitative estimate of drug-likeness (QED) is 0.921. The van der Waals surface area contributed by atoms with E-state index in [4.69, 9.17) is 10.5 Å². The third-order valence-electron chi connectivity index (χ3n) is 3.43. The summed E-state index contributed by atoms with van der Waals surface area (Å²) in [4.78, 5) is 0. The summed E-state index contributed by atoms with van der Waals surface area (Å²) in [5.74, 6) is 1.97. The number of nitrogen functional groups attached to an aromatic ring is 1. The summed E-state index contributed by atoms with van der Waals surface area (Å²) in [5, 5.41) is 4.36. The molecule has 0 bridgehead atoms. The number of rotatable bonds is 3. The molecule has 19 heavy (non-hydrogen) atoms. The van der Waals surface area contributed by atoms with Crippen molar-refractivity contribution in [3.05, 3.63) is 29.5 Å². The van der Waals surface area contributed by atoms with Crippen molar-refractivity contribution in [1.82, 2.24) is 9.78 Å². The molecule has 0 aliphatic rings. The average Bonchev–Trinajstić information content (AvgIpc) is 2.62. The van der Waals surface area contributed by atoms with E-state index in [9.17, 15) is 0 Å². The molecule has 0 atom stereocenters. The molecule has 2 rings (SSSR count). The van der Waals surface area contributed by atoms with Crippen LogP contribution in [0.5, 0.6) is 5.75 Å². The van der Waals surface area contributed by atoms with E-state index in [2.05, 4.69) is 37.1 Å². The Morgan fingerprint density at radius 3 is 2.47 bits per heavy atom. The van der Waals surface area contributed by atoms with Crippen molar-refractivity contribution in [2.24, 2.45) is 7.05 Å². The number of aryl methyl sites for hydroxylation is 2. The lowest BCUT2D eigenvalue weighted by Crippen LogP contribution is -1.99. The van der Waals surface area contributed by atoms with Gasteiger partial charge in [0.2, 0.25) is 0 Å². The van der Waals surface area contributed by atoms with E-state index in [0.717, 1.165) is 22.6 Å². The van der Waals surface area contributed by atoms with Crippen molar-refractivity contribution in [3.8, 4) is 16.9 Å². The monoisotopic (exact) mass is 259 g/mol. The van der Waals surface area contributed by atoms with Gasteiger partial charge in [0.1, 0.15) is 11.6 Å². The van der Waals surface area contributed by atoms with Crippen LogP contribution in [-0.4, -0.2) is 16.9 Å². The molecule has 0 saturated carbocycles. The summed E-state index contributed by atoms with van der Waals surface area (Å²) in [6.07, 6.45) is 0. The first-order valence-electron chi connectivity index (χ1n) is 6.43. The minimum Gasteiger partial charge on any atom is -0.496 e. The first kappa shape index (κ1) is 13.5. The summed E-state index contributed by atoms with van der Waals surface area (Å²) in [6, 6.07) is 6.26. The molecule has 4 nitrogen and oxygen atoms in total.